The highest BCUT2D eigenvalue weighted by Crippen LogP contribution is 2.45. The third kappa shape index (κ3) is 2.04. The predicted octanol–water partition coefficient (Wildman–Crippen LogP) is 2.07. The summed E-state index contributed by atoms with van der Waals surface area (Å²) in [7, 11) is 0. The summed E-state index contributed by atoms with van der Waals surface area (Å²) < 4.78 is 5.18. The summed E-state index contributed by atoms with van der Waals surface area (Å²) >= 11 is 0. The SMILES string of the molecule is CCC(O)C(C)c1nc(C2CC2C)no1. The van der Waals surface area contributed by atoms with E-state index in [1.54, 1.807) is 0 Å². The third-order valence-electron chi connectivity index (χ3n) is 3.28. The molecule has 0 amide bonds. The van der Waals surface area contributed by atoms with E-state index in [0.717, 1.165) is 12.2 Å². The molecular formula is C11H18N2O2. The van der Waals surface area contributed by atoms with Gasteiger partial charge in [0.2, 0.25) is 5.89 Å². The van der Waals surface area contributed by atoms with Crippen molar-refractivity contribution in [2.75, 3.05) is 0 Å². The standard InChI is InChI=1S/C11H18N2O2/c1-4-9(14)7(3)11-12-10(13-15-11)8-5-6(8)2/h6-9,14H,4-5H2,1-3H3. The van der Waals surface area contributed by atoms with Crippen LogP contribution in [-0.4, -0.2) is 21.4 Å². The minimum Gasteiger partial charge on any atom is -0.392 e. The molecule has 4 nitrogen and oxygen atoms in total. The summed E-state index contributed by atoms with van der Waals surface area (Å²) in [6.07, 6.45) is 1.47. The summed E-state index contributed by atoms with van der Waals surface area (Å²) in [6.45, 7) is 6.05. The molecular weight excluding hydrogens is 192 g/mol. The Balaban J connectivity index is 2.06. The Hall–Kier alpha value is -0.900. The maximum atomic E-state index is 9.67. The molecule has 0 saturated heterocycles. The first-order chi connectivity index (χ1) is 7.13. The van der Waals surface area contributed by atoms with Gasteiger partial charge in [-0.05, 0) is 18.8 Å². The summed E-state index contributed by atoms with van der Waals surface area (Å²) in [5.41, 5.74) is 0. The molecule has 2 rings (SSSR count). The zero-order valence-electron chi connectivity index (χ0n) is 9.47. The molecule has 1 aromatic rings. The fourth-order valence-corrected chi connectivity index (χ4v) is 1.78. The Morgan fingerprint density at radius 2 is 2.27 bits per heavy atom. The molecule has 1 aliphatic rings. The Morgan fingerprint density at radius 1 is 1.60 bits per heavy atom. The van der Waals surface area contributed by atoms with Crippen molar-refractivity contribution >= 4 is 0 Å². The van der Waals surface area contributed by atoms with Gasteiger partial charge in [-0.2, -0.15) is 4.98 Å². The van der Waals surface area contributed by atoms with Crippen LogP contribution in [0.15, 0.2) is 4.52 Å². The quantitative estimate of drug-likeness (QED) is 0.826. The highest BCUT2D eigenvalue weighted by atomic mass is 16.5. The summed E-state index contributed by atoms with van der Waals surface area (Å²) in [5.74, 6) is 2.48. The van der Waals surface area contributed by atoms with Crippen molar-refractivity contribution in [3.8, 4) is 0 Å². The second kappa shape index (κ2) is 3.93. The largest absolute Gasteiger partial charge is 0.392 e. The normalized spacial score (nSPS) is 28.8. The van der Waals surface area contributed by atoms with Crippen LogP contribution in [0.2, 0.25) is 0 Å². The molecule has 1 aromatic heterocycles. The van der Waals surface area contributed by atoms with E-state index < -0.39 is 6.10 Å². The topological polar surface area (TPSA) is 59.2 Å². The van der Waals surface area contributed by atoms with Crippen LogP contribution in [0.25, 0.3) is 0 Å². The maximum absolute atomic E-state index is 9.67. The molecule has 1 fully saturated rings. The van der Waals surface area contributed by atoms with Gasteiger partial charge >= 0.3 is 0 Å². The van der Waals surface area contributed by atoms with Gasteiger partial charge in [-0.25, -0.2) is 0 Å². The van der Waals surface area contributed by atoms with E-state index in [2.05, 4.69) is 17.1 Å². The van der Waals surface area contributed by atoms with Gasteiger partial charge in [0.15, 0.2) is 5.82 Å². The molecule has 0 spiro atoms. The lowest BCUT2D eigenvalue weighted by Gasteiger charge is -2.11. The van der Waals surface area contributed by atoms with Gasteiger partial charge < -0.3 is 9.63 Å². The molecule has 15 heavy (non-hydrogen) atoms. The fraction of sp³-hybridized carbons (Fsp3) is 0.818. The van der Waals surface area contributed by atoms with Crippen molar-refractivity contribution < 1.29 is 9.63 Å². The molecule has 0 aliphatic heterocycles. The number of aliphatic hydroxyl groups excluding tert-OH is 1. The van der Waals surface area contributed by atoms with Gasteiger partial charge in [0, 0.05) is 5.92 Å². The Labute approximate surface area is 89.7 Å². The van der Waals surface area contributed by atoms with Gasteiger partial charge in [-0.3, -0.25) is 0 Å². The summed E-state index contributed by atoms with van der Waals surface area (Å²) in [4.78, 5) is 4.35. The van der Waals surface area contributed by atoms with E-state index in [-0.39, 0.29) is 5.92 Å². The number of rotatable bonds is 4. The van der Waals surface area contributed by atoms with Crippen molar-refractivity contribution in [3.63, 3.8) is 0 Å². The number of nitrogens with zero attached hydrogens (tertiary/aromatic N) is 2. The summed E-state index contributed by atoms with van der Waals surface area (Å²) in [6, 6.07) is 0. The highest BCUT2D eigenvalue weighted by molar-refractivity contribution is 5.08. The zero-order valence-corrected chi connectivity index (χ0v) is 9.47. The average molecular weight is 210 g/mol. The van der Waals surface area contributed by atoms with Gasteiger partial charge in [0.25, 0.3) is 0 Å². The fourth-order valence-electron chi connectivity index (χ4n) is 1.78. The van der Waals surface area contributed by atoms with Gasteiger partial charge in [-0.15, -0.1) is 0 Å². The molecule has 0 bridgehead atoms. The Morgan fingerprint density at radius 3 is 2.80 bits per heavy atom. The Kier molecular flexibility index (Phi) is 2.78. The molecule has 4 atom stereocenters. The minimum atomic E-state index is -0.394. The number of aromatic nitrogens is 2. The van der Waals surface area contributed by atoms with Crippen molar-refractivity contribution in [1.82, 2.24) is 10.1 Å². The lowest BCUT2D eigenvalue weighted by Crippen LogP contribution is -2.14. The lowest BCUT2D eigenvalue weighted by molar-refractivity contribution is 0.129. The molecule has 84 valence electrons. The summed E-state index contributed by atoms with van der Waals surface area (Å²) in [5, 5.41) is 13.6. The van der Waals surface area contributed by atoms with E-state index in [4.69, 9.17) is 4.52 Å². The van der Waals surface area contributed by atoms with Crippen LogP contribution in [0.3, 0.4) is 0 Å². The second-order valence-corrected chi connectivity index (χ2v) is 4.57. The molecule has 1 saturated carbocycles. The zero-order chi connectivity index (χ0) is 11.0. The van der Waals surface area contributed by atoms with Crippen molar-refractivity contribution in [3.05, 3.63) is 11.7 Å². The monoisotopic (exact) mass is 210 g/mol. The highest BCUT2D eigenvalue weighted by Gasteiger charge is 2.38. The van der Waals surface area contributed by atoms with Gasteiger partial charge in [-0.1, -0.05) is 25.9 Å². The van der Waals surface area contributed by atoms with Crippen molar-refractivity contribution in [1.29, 1.82) is 0 Å². The van der Waals surface area contributed by atoms with Crippen molar-refractivity contribution in [2.24, 2.45) is 5.92 Å². The van der Waals surface area contributed by atoms with Crippen LogP contribution in [0.4, 0.5) is 0 Å². The van der Waals surface area contributed by atoms with E-state index in [0.29, 0.717) is 24.1 Å². The molecule has 4 unspecified atom stereocenters. The Bertz CT molecular complexity index is 337. The van der Waals surface area contributed by atoms with E-state index in [9.17, 15) is 5.11 Å². The number of hydrogen-bond donors (Lipinski definition) is 1. The first kappa shape index (κ1) is 10.6. The first-order valence-electron chi connectivity index (χ1n) is 5.65. The van der Waals surface area contributed by atoms with Crippen LogP contribution in [0, 0.1) is 5.92 Å². The minimum absolute atomic E-state index is 0.0645. The number of aliphatic hydroxyl groups is 1. The van der Waals surface area contributed by atoms with Crippen LogP contribution < -0.4 is 0 Å². The molecule has 1 N–H and O–H groups in total. The second-order valence-electron chi connectivity index (χ2n) is 4.57. The maximum Gasteiger partial charge on any atom is 0.232 e. The number of hydrogen-bond acceptors (Lipinski definition) is 4. The van der Waals surface area contributed by atoms with Crippen LogP contribution in [0.1, 0.15) is 57.2 Å². The third-order valence-corrected chi connectivity index (χ3v) is 3.28. The van der Waals surface area contributed by atoms with Gasteiger partial charge in [0.05, 0.1) is 12.0 Å². The smallest absolute Gasteiger partial charge is 0.232 e. The molecule has 4 heteroatoms. The molecule has 1 heterocycles. The van der Waals surface area contributed by atoms with E-state index in [1.165, 1.54) is 0 Å². The van der Waals surface area contributed by atoms with E-state index >= 15 is 0 Å². The molecule has 1 aliphatic carbocycles. The van der Waals surface area contributed by atoms with Crippen molar-refractivity contribution in [2.45, 2.75) is 51.6 Å². The van der Waals surface area contributed by atoms with Crippen LogP contribution in [-0.2, 0) is 0 Å². The molecule has 0 radical (unpaired) electrons. The average Bonchev–Trinajstić information content (AvgIpc) is 2.80. The predicted molar refractivity (Wildman–Crippen MR) is 55.5 cm³/mol. The first-order valence-corrected chi connectivity index (χ1v) is 5.65. The van der Waals surface area contributed by atoms with Gasteiger partial charge in [0.1, 0.15) is 0 Å². The van der Waals surface area contributed by atoms with Crippen LogP contribution in [0.5, 0.6) is 0 Å². The lowest BCUT2D eigenvalue weighted by atomic mass is 10.0. The van der Waals surface area contributed by atoms with Crippen LogP contribution >= 0.6 is 0 Å². The molecule has 0 aromatic carbocycles. The van der Waals surface area contributed by atoms with E-state index in [1.807, 2.05) is 13.8 Å².